The Morgan fingerprint density at radius 3 is 2.46 bits per heavy atom. The zero-order valence-electron chi connectivity index (χ0n) is 24.4. The fraction of sp³-hybridized carbons (Fsp3) is 0.812. The molecule has 9 atom stereocenters. The summed E-state index contributed by atoms with van der Waals surface area (Å²) >= 11 is 0. The van der Waals surface area contributed by atoms with E-state index in [0.717, 1.165) is 38.5 Å². The van der Waals surface area contributed by atoms with Crippen LogP contribution in [0.25, 0.3) is 0 Å². The van der Waals surface area contributed by atoms with Gasteiger partial charge in [-0.25, -0.2) is 4.79 Å². The van der Waals surface area contributed by atoms with E-state index in [4.69, 9.17) is 4.74 Å². The number of rotatable bonds is 6. The molecule has 0 amide bonds. The van der Waals surface area contributed by atoms with Crippen LogP contribution in [0.2, 0.25) is 0 Å². The SMILES string of the molecule is CC(=O)OC1CCC2(C)C3CC(C)C4C(C(C)(O)CCC=C(C)C(=O)O)CCC4(C)C3=CCC2C1(C)C. The van der Waals surface area contributed by atoms with Gasteiger partial charge in [0.1, 0.15) is 6.10 Å². The first-order valence-corrected chi connectivity index (χ1v) is 14.6. The van der Waals surface area contributed by atoms with E-state index in [1.54, 1.807) is 18.6 Å². The van der Waals surface area contributed by atoms with Gasteiger partial charge < -0.3 is 14.9 Å². The van der Waals surface area contributed by atoms with Crippen molar-refractivity contribution in [3.8, 4) is 0 Å². The molecule has 3 saturated carbocycles. The van der Waals surface area contributed by atoms with Gasteiger partial charge in [-0.1, -0.05) is 52.3 Å². The molecule has 0 aromatic rings. The van der Waals surface area contributed by atoms with Gasteiger partial charge in [-0.2, -0.15) is 0 Å². The maximum atomic E-state index is 11.8. The lowest BCUT2D eigenvalue weighted by Crippen LogP contribution is -2.58. The molecular weight excluding hydrogens is 464 g/mol. The van der Waals surface area contributed by atoms with E-state index >= 15 is 0 Å². The number of fused-ring (bicyclic) bond motifs is 5. The van der Waals surface area contributed by atoms with Crippen LogP contribution in [0, 0.1) is 45.8 Å². The van der Waals surface area contributed by atoms with Gasteiger partial charge in [0.2, 0.25) is 0 Å². The first-order chi connectivity index (χ1) is 17.1. The van der Waals surface area contributed by atoms with Crippen LogP contribution in [0.4, 0.5) is 0 Å². The second kappa shape index (κ2) is 9.54. The van der Waals surface area contributed by atoms with Gasteiger partial charge >= 0.3 is 11.9 Å². The second-order valence-electron chi connectivity index (χ2n) is 14.4. The predicted molar refractivity (Wildman–Crippen MR) is 146 cm³/mol. The van der Waals surface area contributed by atoms with E-state index in [2.05, 4.69) is 40.7 Å². The Morgan fingerprint density at radius 2 is 1.84 bits per heavy atom. The molecule has 0 aromatic heterocycles. The molecule has 2 N–H and O–H groups in total. The minimum absolute atomic E-state index is 0.0212. The highest BCUT2D eigenvalue weighted by atomic mass is 16.5. The summed E-state index contributed by atoms with van der Waals surface area (Å²) in [6.45, 7) is 17.1. The summed E-state index contributed by atoms with van der Waals surface area (Å²) < 4.78 is 5.83. The van der Waals surface area contributed by atoms with Crippen LogP contribution in [0.5, 0.6) is 0 Å². The quantitative estimate of drug-likeness (QED) is 0.228. The summed E-state index contributed by atoms with van der Waals surface area (Å²) in [6, 6.07) is 0. The average molecular weight is 515 g/mol. The van der Waals surface area contributed by atoms with Crippen LogP contribution in [-0.2, 0) is 14.3 Å². The van der Waals surface area contributed by atoms with Gasteiger partial charge in [-0.3, -0.25) is 4.79 Å². The molecule has 0 heterocycles. The Morgan fingerprint density at radius 1 is 1.16 bits per heavy atom. The van der Waals surface area contributed by atoms with Crippen molar-refractivity contribution >= 4 is 11.9 Å². The molecule has 5 nitrogen and oxygen atoms in total. The monoisotopic (exact) mass is 514 g/mol. The van der Waals surface area contributed by atoms with Crippen molar-refractivity contribution in [3.05, 3.63) is 23.3 Å². The minimum Gasteiger partial charge on any atom is -0.478 e. The maximum Gasteiger partial charge on any atom is 0.330 e. The topological polar surface area (TPSA) is 83.8 Å². The normalized spacial score (nSPS) is 42.5. The van der Waals surface area contributed by atoms with Crippen molar-refractivity contribution in [2.45, 2.75) is 118 Å². The predicted octanol–water partition coefficient (Wildman–Crippen LogP) is 6.94. The van der Waals surface area contributed by atoms with Crippen molar-refractivity contribution in [1.29, 1.82) is 0 Å². The van der Waals surface area contributed by atoms with Gasteiger partial charge in [0.15, 0.2) is 0 Å². The highest BCUT2D eigenvalue weighted by Gasteiger charge is 2.64. The number of allylic oxidation sites excluding steroid dienone is 3. The van der Waals surface area contributed by atoms with Crippen molar-refractivity contribution in [1.82, 2.24) is 0 Å². The van der Waals surface area contributed by atoms with E-state index in [0.29, 0.717) is 42.1 Å². The summed E-state index contributed by atoms with van der Waals surface area (Å²) in [7, 11) is 0. The highest BCUT2D eigenvalue weighted by Crippen LogP contribution is 2.70. The smallest absolute Gasteiger partial charge is 0.330 e. The van der Waals surface area contributed by atoms with Gasteiger partial charge in [0, 0.05) is 17.9 Å². The molecule has 0 aliphatic heterocycles. The Balaban J connectivity index is 1.60. The number of carbonyl (C=O) groups excluding carboxylic acids is 1. The number of carboxylic acid groups (broad SMARTS) is 1. The Hall–Kier alpha value is -1.62. The lowest BCUT2D eigenvalue weighted by molar-refractivity contribution is -0.175. The lowest BCUT2D eigenvalue weighted by atomic mass is 9.42. The lowest BCUT2D eigenvalue weighted by Gasteiger charge is -2.63. The van der Waals surface area contributed by atoms with Crippen LogP contribution in [0.3, 0.4) is 0 Å². The third-order valence-electron chi connectivity index (χ3n) is 11.8. The van der Waals surface area contributed by atoms with E-state index in [1.807, 2.05) is 6.92 Å². The number of carboxylic acids is 1. The molecule has 0 radical (unpaired) electrons. The van der Waals surface area contributed by atoms with Crippen LogP contribution < -0.4 is 0 Å². The second-order valence-corrected chi connectivity index (χ2v) is 14.4. The van der Waals surface area contributed by atoms with Gasteiger partial charge in [-0.05, 0) is 106 Å². The molecule has 3 fully saturated rings. The van der Waals surface area contributed by atoms with Gasteiger partial charge in [-0.15, -0.1) is 0 Å². The van der Waals surface area contributed by atoms with Crippen molar-refractivity contribution < 1.29 is 24.5 Å². The molecule has 208 valence electrons. The van der Waals surface area contributed by atoms with Crippen LogP contribution in [0.15, 0.2) is 23.3 Å². The van der Waals surface area contributed by atoms with Crippen LogP contribution >= 0.6 is 0 Å². The molecule has 0 spiro atoms. The summed E-state index contributed by atoms with van der Waals surface area (Å²) in [4.78, 5) is 23.0. The molecule has 0 saturated heterocycles. The van der Waals surface area contributed by atoms with Gasteiger partial charge in [0.05, 0.1) is 5.60 Å². The first kappa shape index (κ1) is 28.4. The zero-order valence-corrected chi connectivity index (χ0v) is 24.4. The maximum absolute atomic E-state index is 11.8. The van der Waals surface area contributed by atoms with E-state index < -0.39 is 11.6 Å². The first-order valence-electron chi connectivity index (χ1n) is 14.6. The Labute approximate surface area is 224 Å². The molecular formula is C32H50O5. The highest BCUT2D eigenvalue weighted by molar-refractivity contribution is 5.85. The largest absolute Gasteiger partial charge is 0.478 e. The molecule has 37 heavy (non-hydrogen) atoms. The average Bonchev–Trinajstić information content (AvgIpc) is 3.16. The number of hydrogen-bond donors (Lipinski definition) is 2. The summed E-state index contributed by atoms with van der Waals surface area (Å²) in [5.74, 6) is 1.10. The van der Waals surface area contributed by atoms with Crippen LogP contribution in [-0.4, -0.2) is 33.9 Å². The number of esters is 1. The van der Waals surface area contributed by atoms with Crippen molar-refractivity contribution in [2.24, 2.45) is 45.8 Å². The molecule has 0 aromatic carbocycles. The molecule has 4 rings (SSSR count). The number of hydrogen-bond acceptors (Lipinski definition) is 4. The third-order valence-corrected chi connectivity index (χ3v) is 11.8. The number of aliphatic hydroxyl groups is 1. The van der Waals surface area contributed by atoms with Crippen LogP contribution in [0.1, 0.15) is 107 Å². The fourth-order valence-electron chi connectivity index (χ4n) is 9.91. The van der Waals surface area contributed by atoms with E-state index in [-0.39, 0.29) is 34.2 Å². The van der Waals surface area contributed by atoms with E-state index in [9.17, 15) is 19.8 Å². The zero-order chi connectivity index (χ0) is 27.6. The molecule has 0 bridgehead atoms. The standard InChI is InChI=1S/C32H50O5/c1-19(28(34)35)10-9-15-32(8,36)23-13-16-31(7)22-11-12-25-29(4,5)26(37-21(3)33)14-17-30(25,6)24(22)18-20(2)27(23)31/h10-11,20,23-27,36H,9,12-18H2,1-8H3,(H,34,35). The fourth-order valence-corrected chi connectivity index (χ4v) is 9.91. The molecule has 4 aliphatic rings. The minimum atomic E-state index is -0.888. The Bertz CT molecular complexity index is 989. The summed E-state index contributed by atoms with van der Waals surface area (Å²) in [5, 5.41) is 20.9. The summed E-state index contributed by atoms with van der Waals surface area (Å²) in [6.07, 6.45) is 11.8. The number of ether oxygens (including phenoxy) is 1. The van der Waals surface area contributed by atoms with E-state index in [1.165, 1.54) is 6.92 Å². The molecule has 9 unspecified atom stereocenters. The number of carbonyl (C=O) groups is 2. The van der Waals surface area contributed by atoms with Gasteiger partial charge in [0.25, 0.3) is 0 Å². The summed E-state index contributed by atoms with van der Waals surface area (Å²) in [5.41, 5.74) is 1.38. The van der Waals surface area contributed by atoms with Crippen molar-refractivity contribution in [3.63, 3.8) is 0 Å². The molecule has 4 aliphatic carbocycles. The van der Waals surface area contributed by atoms with Crippen molar-refractivity contribution in [2.75, 3.05) is 0 Å². The molecule has 5 heteroatoms. The Kier molecular flexibility index (Phi) is 7.32. The number of aliphatic carboxylic acids is 1. The third kappa shape index (κ3) is 4.61.